The molecule has 0 spiro atoms. The minimum atomic E-state index is -0.327. The molecular weight excluding hydrogens is 464 g/mol. The Balaban J connectivity index is 1.36. The standard InChI is InChI=1S/C32H38O5/c1-23(2)27-21-36-31-29(27)37-28(22-33-18-24-12-6-3-7-13-24)30(34-19-25-14-8-4-9-15-25)32(31)35-20-26-16-10-5-11-17-26/h3-17,23,27-32H,18-22H2,1-2H3/t27-,28+,29+,30+,31-,32-/m0/s1. The first kappa shape index (κ1) is 26.1. The fraction of sp³-hybridized carbons (Fsp3) is 0.438. The maximum Gasteiger partial charge on any atom is 0.115 e. The van der Waals surface area contributed by atoms with Gasteiger partial charge in [-0.2, -0.15) is 0 Å². The van der Waals surface area contributed by atoms with E-state index < -0.39 is 0 Å². The van der Waals surface area contributed by atoms with Crippen molar-refractivity contribution < 1.29 is 23.7 Å². The van der Waals surface area contributed by atoms with E-state index in [2.05, 4.69) is 50.2 Å². The lowest BCUT2D eigenvalue weighted by molar-refractivity contribution is -0.254. The molecule has 0 N–H and O–H groups in total. The van der Waals surface area contributed by atoms with Gasteiger partial charge in [0, 0.05) is 5.92 Å². The third-order valence-corrected chi connectivity index (χ3v) is 7.39. The summed E-state index contributed by atoms with van der Waals surface area (Å²) in [6.07, 6.45) is -1.09. The monoisotopic (exact) mass is 502 g/mol. The van der Waals surface area contributed by atoms with Gasteiger partial charge in [-0.25, -0.2) is 0 Å². The summed E-state index contributed by atoms with van der Waals surface area (Å²) >= 11 is 0. The summed E-state index contributed by atoms with van der Waals surface area (Å²) in [4.78, 5) is 0. The van der Waals surface area contributed by atoms with Crippen LogP contribution in [-0.4, -0.2) is 43.7 Å². The van der Waals surface area contributed by atoms with Gasteiger partial charge in [-0.15, -0.1) is 0 Å². The van der Waals surface area contributed by atoms with Gasteiger partial charge in [0.2, 0.25) is 0 Å². The topological polar surface area (TPSA) is 46.2 Å². The number of benzene rings is 3. The summed E-state index contributed by atoms with van der Waals surface area (Å²) in [5.74, 6) is 0.747. The number of fused-ring (bicyclic) bond motifs is 1. The molecule has 5 nitrogen and oxygen atoms in total. The highest BCUT2D eigenvalue weighted by Gasteiger charge is 2.54. The van der Waals surface area contributed by atoms with Crippen LogP contribution < -0.4 is 0 Å². The fourth-order valence-electron chi connectivity index (χ4n) is 5.29. The summed E-state index contributed by atoms with van der Waals surface area (Å²) in [5, 5.41) is 0. The molecule has 2 aliphatic rings. The van der Waals surface area contributed by atoms with Gasteiger partial charge in [-0.3, -0.25) is 0 Å². The zero-order chi connectivity index (χ0) is 25.5. The van der Waals surface area contributed by atoms with Crippen LogP contribution in [0.15, 0.2) is 91.0 Å². The SMILES string of the molecule is CC(C)[C@@H]1CO[C@@H]2[C@@H](OCc3ccccc3)[C@H](OCc3ccccc3)[C@@H](COCc3ccccc3)O[C@@H]21. The van der Waals surface area contributed by atoms with Gasteiger partial charge in [-0.1, -0.05) is 105 Å². The van der Waals surface area contributed by atoms with Crippen molar-refractivity contribution in [3.05, 3.63) is 108 Å². The maximum atomic E-state index is 6.75. The van der Waals surface area contributed by atoms with E-state index in [0.717, 1.165) is 16.7 Å². The second-order valence-electron chi connectivity index (χ2n) is 10.4. The van der Waals surface area contributed by atoms with Crippen LogP contribution in [0.25, 0.3) is 0 Å². The molecule has 2 aliphatic heterocycles. The molecule has 3 aromatic carbocycles. The van der Waals surface area contributed by atoms with Crippen LogP contribution >= 0.6 is 0 Å². The maximum absolute atomic E-state index is 6.75. The van der Waals surface area contributed by atoms with Crippen molar-refractivity contribution >= 4 is 0 Å². The number of ether oxygens (including phenoxy) is 5. The largest absolute Gasteiger partial charge is 0.374 e. The number of hydrogen-bond donors (Lipinski definition) is 0. The molecule has 196 valence electrons. The molecule has 2 heterocycles. The van der Waals surface area contributed by atoms with E-state index >= 15 is 0 Å². The lowest BCUT2D eigenvalue weighted by Gasteiger charge is -2.45. The molecule has 0 radical (unpaired) electrons. The van der Waals surface area contributed by atoms with Gasteiger partial charge in [0.25, 0.3) is 0 Å². The van der Waals surface area contributed by atoms with E-state index in [4.69, 9.17) is 23.7 Å². The quantitative estimate of drug-likeness (QED) is 0.331. The van der Waals surface area contributed by atoms with Crippen LogP contribution in [0.5, 0.6) is 0 Å². The highest BCUT2D eigenvalue weighted by molar-refractivity contribution is 5.15. The number of rotatable bonds is 11. The molecule has 0 bridgehead atoms. The molecule has 0 unspecified atom stereocenters. The minimum Gasteiger partial charge on any atom is -0.374 e. The van der Waals surface area contributed by atoms with Crippen LogP contribution in [0.4, 0.5) is 0 Å². The third-order valence-electron chi connectivity index (χ3n) is 7.39. The molecule has 0 amide bonds. The molecule has 0 saturated carbocycles. The van der Waals surface area contributed by atoms with Gasteiger partial charge in [-0.05, 0) is 22.6 Å². The van der Waals surface area contributed by atoms with E-state index in [0.29, 0.717) is 44.9 Å². The Hall–Kier alpha value is -2.54. The molecule has 0 aromatic heterocycles. The van der Waals surface area contributed by atoms with Gasteiger partial charge < -0.3 is 23.7 Å². The molecule has 5 heteroatoms. The Bertz CT molecular complexity index is 1060. The van der Waals surface area contributed by atoms with Gasteiger partial charge in [0.15, 0.2) is 0 Å². The van der Waals surface area contributed by atoms with Crippen LogP contribution in [0.1, 0.15) is 30.5 Å². The summed E-state index contributed by atoms with van der Waals surface area (Å²) < 4.78 is 32.5. The molecule has 2 fully saturated rings. The van der Waals surface area contributed by atoms with Crippen molar-refractivity contribution in [2.75, 3.05) is 13.2 Å². The van der Waals surface area contributed by atoms with Crippen molar-refractivity contribution in [2.45, 2.75) is 64.2 Å². The van der Waals surface area contributed by atoms with Crippen molar-refractivity contribution in [1.29, 1.82) is 0 Å². The van der Waals surface area contributed by atoms with E-state index in [9.17, 15) is 0 Å². The Morgan fingerprint density at radius 3 is 1.73 bits per heavy atom. The Morgan fingerprint density at radius 1 is 0.676 bits per heavy atom. The van der Waals surface area contributed by atoms with Gasteiger partial charge in [0.1, 0.15) is 24.4 Å². The van der Waals surface area contributed by atoms with Crippen LogP contribution in [-0.2, 0) is 43.5 Å². The third kappa shape index (κ3) is 6.67. The zero-order valence-corrected chi connectivity index (χ0v) is 21.8. The first-order chi connectivity index (χ1) is 18.2. The van der Waals surface area contributed by atoms with Gasteiger partial charge >= 0.3 is 0 Å². The van der Waals surface area contributed by atoms with E-state index in [-0.39, 0.29) is 30.5 Å². The highest BCUT2D eigenvalue weighted by atomic mass is 16.6. The lowest BCUT2D eigenvalue weighted by atomic mass is 9.85. The van der Waals surface area contributed by atoms with Crippen LogP contribution in [0, 0.1) is 11.8 Å². The van der Waals surface area contributed by atoms with Crippen LogP contribution in [0.3, 0.4) is 0 Å². The van der Waals surface area contributed by atoms with Crippen molar-refractivity contribution in [3.8, 4) is 0 Å². The van der Waals surface area contributed by atoms with E-state index in [1.54, 1.807) is 0 Å². The van der Waals surface area contributed by atoms with E-state index in [1.165, 1.54) is 0 Å². The van der Waals surface area contributed by atoms with Crippen molar-refractivity contribution in [3.63, 3.8) is 0 Å². The van der Waals surface area contributed by atoms with Crippen LogP contribution in [0.2, 0.25) is 0 Å². The predicted molar refractivity (Wildman–Crippen MR) is 143 cm³/mol. The summed E-state index contributed by atoms with van der Waals surface area (Å²) in [5.41, 5.74) is 3.38. The average Bonchev–Trinajstić information content (AvgIpc) is 3.37. The molecule has 5 rings (SSSR count). The minimum absolute atomic E-state index is 0.0531. The molecule has 37 heavy (non-hydrogen) atoms. The highest BCUT2D eigenvalue weighted by Crippen LogP contribution is 2.39. The predicted octanol–water partition coefficient (Wildman–Crippen LogP) is 5.81. The lowest BCUT2D eigenvalue weighted by Crippen LogP contribution is -2.60. The summed E-state index contributed by atoms with van der Waals surface area (Å²) in [7, 11) is 0. The normalized spacial score (nSPS) is 27.3. The second kappa shape index (κ2) is 12.8. The molecule has 6 atom stereocenters. The van der Waals surface area contributed by atoms with Gasteiger partial charge in [0.05, 0.1) is 39.1 Å². The molecule has 3 aromatic rings. The second-order valence-corrected chi connectivity index (χ2v) is 10.4. The van der Waals surface area contributed by atoms with Crippen molar-refractivity contribution in [1.82, 2.24) is 0 Å². The Morgan fingerprint density at radius 2 is 1.19 bits per heavy atom. The molecular formula is C32H38O5. The summed E-state index contributed by atoms with van der Waals surface area (Å²) in [6.45, 7) is 7.05. The smallest absolute Gasteiger partial charge is 0.115 e. The van der Waals surface area contributed by atoms with E-state index in [1.807, 2.05) is 54.6 Å². The Kier molecular flexibility index (Phi) is 9.03. The first-order valence-electron chi connectivity index (χ1n) is 13.4. The van der Waals surface area contributed by atoms with Crippen molar-refractivity contribution in [2.24, 2.45) is 11.8 Å². The fourth-order valence-corrected chi connectivity index (χ4v) is 5.29. The zero-order valence-electron chi connectivity index (χ0n) is 21.8. The molecule has 2 saturated heterocycles. The molecule has 0 aliphatic carbocycles. The average molecular weight is 503 g/mol. The Labute approximate surface area is 220 Å². The number of hydrogen-bond acceptors (Lipinski definition) is 5. The first-order valence-corrected chi connectivity index (χ1v) is 13.4. The summed E-state index contributed by atoms with van der Waals surface area (Å²) in [6, 6.07) is 30.7.